The number of likely N-dealkylation sites (tertiary alicyclic amines) is 1. The molecule has 2 saturated carbocycles. The molecule has 192 valence electrons. The van der Waals surface area contributed by atoms with Crippen molar-refractivity contribution in [3.63, 3.8) is 0 Å². The number of carbonyl (C=O) groups excluding carboxylic acids is 1. The first-order valence-corrected chi connectivity index (χ1v) is 12.2. The van der Waals surface area contributed by atoms with Crippen molar-refractivity contribution in [2.24, 2.45) is 16.7 Å². The summed E-state index contributed by atoms with van der Waals surface area (Å²) in [6.07, 6.45) is -13.2. The molecule has 5 heteroatoms. The summed E-state index contributed by atoms with van der Waals surface area (Å²) < 4.78 is 138. The third kappa shape index (κ3) is 2.17. The molecule has 2 aliphatic heterocycles. The van der Waals surface area contributed by atoms with Gasteiger partial charge in [-0.1, -0.05) is 41.5 Å². The van der Waals surface area contributed by atoms with E-state index in [9.17, 15) is 13.0 Å². The first-order chi connectivity index (χ1) is 21.6. The Morgan fingerprint density at radius 3 is 2.49 bits per heavy atom. The number of nitrogens with zero attached hydrogens (tertiary/aromatic N) is 1. The minimum Gasteiger partial charge on any atom is -0.504 e. The van der Waals surface area contributed by atoms with E-state index < -0.39 is 87.9 Å². The van der Waals surface area contributed by atoms with Crippen LogP contribution in [0, 0.1) is 30.6 Å². The Kier molecular flexibility index (Phi) is 2.29. The van der Waals surface area contributed by atoms with E-state index in [1.54, 1.807) is 13.8 Å². The number of benzene rings is 1. The lowest BCUT2D eigenvalue weighted by molar-refractivity contribution is -0.267. The van der Waals surface area contributed by atoms with Crippen LogP contribution < -0.4 is 4.74 Å². The highest BCUT2D eigenvalue weighted by Crippen LogP contribution is 2.75. The number of rotatable bonds is 4. The maximum Gasteiger partial charge on any atom is 0.487 e. The van der Waals surface area contributed by atoms with Gasteiger partial charge in [-0.15, -0.1) is 0 Å². The highest BCUT2D eigenvalue weighted by atomic mass is 16.5. The second kappa shape index (κ2) is 6.27. The first-order valence-electron chi connectivity index (χ1n) is 18.9. The van der Waals surface area contributed by atoms with Gasteiger partial charge in [-0.2, -0.15) is 0 Å². The maximum atomic E-state index is 14.6. The summed E-state index contributed by atoms with van der Waals surface area (Å²) in [5.74, 6) is -4.41. The highest BCUT2D eigenvalue weighted by molar-refractivity contribution is 5.91. The number of piperidine rings is 1. The summed E-state index contributed by atoms with van der Waals surface area (Å²) in [5.41, 5.74) is -11.7. The number of Topliss-reactive ketones (excluding diaryl/α,β-unsaturated/α-hetero) is 1. The number of phenols is 1. The number of ketones is 1. The summed E-state index contributed by atoms with van der Waals surface area (Å²) in [7, 11) is 0. The van der Waals surface area contributed by atoms with Crippen molar-refractivity contribution < 1.29 is 34.8 Å². The lowest BCUT2D eigenvalue weighted by Gasteiger charge is -2.72. The van der Waals surface area contributed by atoms with E-state index in [1.807, 2.05) is 0 Å². The Morgan fingerprint density at radius 2 is 1.91 bits per heavy atom. The van der Waals surface area contributed by atoms with Crippen LogP contribution in [0.5, 0.6) is 11.5 Å². The van der Waals surface area contributed by atoms with E-state index in [2.05, 4.69) is 0 Å². The third-order valence-electron chi connectivity index (χ3n) is 10.1. The van der Waals surface area contributed by atoms with E-state index in [0.717, 1.165) is 10.0 Å². The van der Waals surface area contributed by atoms with Gasteiger partial charge in [-0.05, 0) is 62.1 Å². The Morgan fingerprint density at radius 1 is 1.26 bits per heavy atom. The van der Waals surface area contributed by atoms with Crippen LogP contribution in [0.4, 0.5) is 0 Å². The van der Waals surface area contributed by atoms with Crippen molar-refractivity contribution in [1.82, 2.24) is 4.90 Å². The van der Waals surface area contributed by atoms with Crippen LogP contribution in [-0.4, -0.2) is 54.9 Å². The number of ether oxygens (including phenoxy) is 1. The lowest BCUT2D eigenvalue weighted by atomic mass is 9.36. The van der Waals surface area contributed by atoms with E-state index in [-0.39, 0.29) is 22.4 Å². The van der Waals surface area contributed by atoms with Gasteiger partial charge in [-0.25, -0.2) is 0 Å². The number of aromatic hydroxyl groups is 1. The van der Waals surface area contributed by atoms with Gasteiger partial charge in [0.2, 0.25) is 0 Å². The van der Waals surface area contributed by atoms with E-state index in [0.29, 0.717) is 5.56 Å². The second-order valence-electron chi connectivity index (χ2n) is 12.1. The SMILES string of the molecule is [2H]Oc1c(C)c(C)c2c3c1O[C@@]1([2H])C(=O)C([2H])([2H])C([2H])([2H])[C@]4([O+]([2H])[2H])[C@@]31C(C)(C)C([2H])(C)N(C([2H])(C)C1(C)C([2H])([2H])C1([2H])C)[C@]4([2H])C2(C)C. The van der Waals surface area contributed by atoms with Gasteiger partial charge in [0.15, 0.2) is 29.0 Å². The van der Waals surface area contributed by atoms with Gasteiger partial charge in [0.25, 0.3) is 1.43 Å². The van der Waals surface area contributed by atoms with Crippen LogP contribution in [-0.2, 0) is 15.6 Å². The largest absolute Gasteiger partial charge is 0.504 e. The number of carbonyl (C=O) groups is 1. The quantitative estimate of drug-likeness (QED) is 0.616. The summed E-state index contributed by atoms with van der Waals surface area (Å²) in [4.78, 5) is 15.5. The third-order valence-corrected chi connectivity index (χ3v) is 10.1. The number of hydrogen-bond donors (Lipinski definition) is 1. The van der Waals surface area contributed by atoms with E-state index in [1.165, 1.54) is 55.4 Å². The molecular formula is C30H44NO4+. The fourth-order valence-corrected chi connectivity index (χ4v) is 7.65. The molecule has 3 fully saturated rings. The van der Waals surface area contributed by atoms with Crippen LogP contribution in [0.1, 0.15) is 112 Å². The monoisotopic (exact) mass is 496 g/mol. The summed E-state index contributed by atoms with van der Waals surface area (Å²) in [6, 6.07) is -8.04. The molecule has 2 bridgehead atoms. The molecule has 1 aromatic rings. The van der Waals surface area contributed by atoms with Gasteiger partial charge in [0.1, 0.15) is 5.41 Å². The topological polar surface area (TPSA) is 72.7 Å². The molecule has 0 amide bonds. The van der Waals surface area contributed by atoms with E-state index >= 15 is 0 Å². The molecule has 1 aromatic carbocycles. The molecule has 3 N–H and O–H groups in total. The zero-order valence-electron chi connectivity index (χ0n) is 36.1. The highest BCUT2D eigenvalue weighted by Gasteiger charge is 2.86. The summed E-state index contributed by atoms with van der Waals surface area (Å²) >= 11 is 0. The molecule has 1 saturated heterocycles. The lowest BCUT2D eigenvalue weighted by Crippen LogP contribution is -2.87. The van der Waals surface area contributed by atoms with Crippen molar-refractivity contribution in [3.8, 4) is 11.5 Å². The van der Waals surface area contributed by atoms with E-state index in [4.69, 9.17) is 21.0 Å². The predicted molar refractivity (Wildman–Crippen MR) is 138 cm³/mol. The van der Waals surface area contributed by atoms with Gasteiger partial charge in [0, 0.05) is 53.5 Å². The number of phenolic OH excluding ortho intramolecular Hbond substituents is 1. The minimum atomic E-state index is -3.77. The second-order valence-corrected chi connectivity index (χ2v) is 12.1. The van der Waals surface area contributed by atoms with Crippen LogP contribution >= 0.6 is 0 Å². The minimum absolute atomic E-state index is 0.168. The smallest absolute Gasteiger partial charge is 0.487 e. The molecule has 4 unspecified atom stereocenters. The standard InChI is InChI=1S/C30H43NO4/c1-14-13-28(14,10)18(5)31-17(4)27(8,9)30-21-20-15(2)16(3)22(33)23(21)35-24(30)19(32)11-12-29(30,34)25(31)26(20,6)7/h14,17-18,24-25,33-34H,11-13H2,1-10H3/p+1/t14?,17?,18?,24-,25+,28?,29+,30-/m0/s1/i11D2,12D2,13D2,14D,17D,18D,24D,25D,34D/hD2. The van der Waals surface area contributed by atoms with Crippen LogP contribution in [0.15, 0.2) is 0 Å². The van der Waals surface area contributed by atoms with Gasteiger partial charge < -0.3 is 15.0 Å². The zero-order valence-corrected chi connectivity index (χ0v) is 22.1. The van der Waals surface area contributed by atoms with Gasteiger partial charge in [0.05, 0.1) is 8.76 Å². The Bertz CT molecular complexity index is 1740. The van der Waals surface area contributed by atoms with Crippen LogP contribution in [0.3, 0.4) is 0 Å². The fraction of sp³-hybridized carbons (Fsp3) is 0.767. The molecule has 35 heavy (non-hydrogen) atoms. The summed E-state index contributed by atoms with van der Waals surface area (Å²) in [6.45, 7) is 13.9. The molecule has 1 spiro atoms. The van der Waals surface area contributed by atoms with Gasteiger partial charge >= 0.3 is 2.86 Å². The predicted octanol–water partition coefficient (Wildman–Crippen LogP) is 4.66. The maximum absolute atomic E-state index is 14.6. The molecule has 0 radical (unpaired) electrons. The average Bonchev–Trinajstić information content (AvgIpc) is 3.12. The van der Waals surface area contributed by atoms with Crippen molar-refractivity contribution in [3.05, 3.63) is 22.3 Å². The fourth-order valence-electron chi connectivity index (χ4n) is 7.65. The number of hydrogen-bond acceptors (Lipinski definition) is 4. The molecule has 5 nitrogen and oxygen atoms in total. The average molecular weight is 497 g/mol. The van der Waals surface area contributed by atoms with Crippen molar-refractivity contribution in [1.29, 1.82) is 4.29 Å². The molecular weight excluding hydrogens is 438 g/mol. The van der Waals surface area contributed by atoms with Crippen molar-refractivity contribution >= 4 is 5.78 Å². The van der Waals surface area contributed by atoms with Gasteiger partial charge in [-0.3, -0.25) is 9.69 Å². The normalized spacial score (nSPS) is 64.5. The zero-order chi connectivity index (χ0) is 38.1. The molecule has 2 heterocycles. The summed E-state index contributed by atoms with van der Waals surface area (Å²) in [5, 5.41) is 6.04. The Hall–Kier alpha value is -1.59. The van der Waals surface area contributed by atoms with Crippen LogP contribution in [0.2, 0.25) is 0 Å². The molecule has 5 aliphatic rings. The molecule has 0 aromatic heterocycles. The van der Waals surface area contributed by atoms with Crippen molar-refractivity contribution in [2.45, 2.75) is 129 Å². The van der Waals surface area contributed by atoms with Crippen LogP contribution in [0.25, 0.3) is 0 Å². The van der Waals surface area contributed by atoms with Crippen molar-refractivity contribution in [2.75, 3.05) is 0 Å². The first kappa shape index (κ1) is 12.8. The molecule has 3 aliphatic carbocycles. The molecule has 6 rings (SSSR count). The molecule has 8 atom stereocenters. The Labute approximate surface area is 230 Å². The Balaban J connectivity index is 2.02.